The molecule has 1 aromatic heterocycles. The van der Waals surface area contributed by atoms with Crippen molar-refractivity contribution in [3.05, 3.63) is 89.7 Å². The fourth-order valence-electron chi connectivity index (χ4n) is 3.37. The number of halogens is 1. The fourth-order valence-corrected chi connectivity index (χ4v) is 3.37. The predicted octanol–water partition coefficient (Wildman–Crippen LogP) is 0.993. The Morgan fingerprint density at radius 2 is 1.89 bits per heavy atom. The van der Waals surface area contributed by atoms with E-state index in [-0.39, 0.29) is 19.9 Å². The summed E-state index contributed by atoms with van der Waals surface area (Å²) in [6.07, 6.45) is 4.31. The number of nitrogens with two attached hydrogens (primary N) is 1. The van der Waals surface area contributed by atoms with E-state index in [0.717, 1.165) is 23.4 Å². The average molecular weight is 381 g/mol. The number of pyridine rings is 1. The molecule has 0 spiro atoms. The van der Waals surface area contributed by atoms with E-state index in [1.54, 1.807) is 17.3 Å². The smallest absolute Gasteiger partial charge is 1.00 e. The topological polar surface area (TPSA) is 71.2 Å². The highest BCUT2D eigenvalue weighted by atomic mass is 35.5. The summed E-state index contributed by atoms with van der Waals surface area (Å²) < 4.78 is 0. The molecule has 0 radical (unpaired) electrons. The Bertz CT molecular complexity index is 924. The number of aromatic nitrogens is 1. The van der Waals surface area contributed by atoms with E-state index in [4.69, 9.17) is 5.73 Å². The van der Waals surface area contributed by atoms with Gasteiger partial charge in [-0.3, -0.25) is 9.88 Å². The Morgan fingerprint density at radius 3 is 2.59 bits per heavy atom. The van der Waals surface area contributed by atoms with Gasteiger partial charge in [0.2, 0.25) is 0 Å². The SMILES string of the molecule is NC(=O)N(Cc1ccncc1)c1ccc2c(c1)CC(c1ccccc1)N2.[Cl-].[H+]. The van der Waals surface area contributed by atoms with Crippen LogP contribution in [-0.4, -0.2) is 11.0 Å². The largest absolute Gasteiger partial charge is 1.00 e. The van der Waals surface area contributed by atoms with Crippen LogP contribution in [0.2, 0.25) is 0 Å². The van der Waals surface area contributed by atoms with Crippen LogP contribution in [0.25, 0.3) is 0 Å². The van der Waals surface area contributed by atoms with Crippen molar-refractivity contribution in [2.45, 2.75) is 19.0 Å². The summed E-state index contributed by atoms with van der Waals surface area (Å²) in [5.74, 6) is 0. The summed E-state index contributed by atoms with van der Waals surface area (Å²) in [5.41, 5.74) is 11.0. The predicted molar refractivity (Wildman–Crippen MR) is 104 cm³/mol. The summed E-state index contributed by atoms with van der Waals surface area (Å²) in [6, 6.07) is 20.0. The van der Waals surface area contributed by atoms with Gasteiger partial charge in [-0.1, -0.05) is 30.3 Å². The zero-order valence-electron chi connectivity index (χ0n) is 15.7. The van der Waals surface area contributed by atoms with Gasteiger partial charge < -0.3 is 23.5 Å². The molecule has 1 atom stereocenters. The van der Waals surface area contributed by atoms with Crippen molar-refractivity contribution < 1.29 is 18.6 Å². The first-order valence-corrected chi connectivity index (χ1v) is 8.61. The molecule has 138 valence electrons. The zero-order valence-corrected chi connectivity index (χ0v) is 15.4. The number of carbonyl (C=O) groups is 1. The lowest BCUT2D eigenvalue weighted by molar-refractivity contribution is -0.00000833. The number of urea groups is 1. The molecule has 1 aliphatic heterocycles. The van der Waals surface area contributed by atoms with Gasteiger partial charge in [0.15, 0.2) is 0 Å². The average Bonchev–Trinajstić information content (AvgIpc) is 3.11. The lowest BCUT2D eigenvalue weighted by atomic mass is 10.0. The van der Waals surface area contributed by atoms with Gasteiger partial charge in [0, 0.05) is 23.8 Å². The van der Waals surface area contributed by atoms with Crippen LogP contribution in [0.3, 0.4) is 0 Å². The molecule has 6 heteroatoms. The van der Waals surface area contributed by atoms with Crippen LogP contribution in [-0.2, 0) is 13.0 Å². The Morgan fingerprint density at radius 1 is 1.15 bits per heavy atom. The maximum absolute atomic E-state index is 12.0. The second-order valence-electron chi connectivity index (χ2n) is 6.43. The van der Waals surface area contributed by atoms with Crippen molar-refractivity contribution in [1.29, 1.82) is 0 Å². The van der Waals surface area contributed by atoms with Gasteiger partial charge in [0.25, 0.3) is 0 Å². The summed E-state index contributed by atoms with van der Waals surface area (Å²) in [5, 5.41) is 3.55. The molecule has 5 nitrogen and oxygen atoms in total. The molecule has 0 bridgehead atoms. The minimum Gasteiger partial charge on any atom is -1.00 e. The number of carbonyl (C=O) groups excluding carboxylic acids is 1. The van der Waals surface area contributed by atoms with Crippen molar-refractivity contribution in [1.82, 2.24) is 4.98 Å². The Labute approximate surface area is 166 Å². The van der Waals surface area contributed by atoms with Gasteiger partial charge in [0.05, 0.1) is 12.6 Å². The molecule has 0 saturated heterocycles. The monoisotopic (exact) mass is 380 g/mol. The van der Waals surface area contributed by atoms with Gasteiger partial charge in [0.1, 0.15) is 0 Å². The summed E-state index contributed by atoms with van der Waals surface area (Å²) in [6.45, 7) is 0.423. The van der Waals surface area contributed by atoms with E-state index in [1.807, 2.05) is 30.3 Å². The number of fused-ring (bicyclic) bond motifs is 1. The highest BCUT2D eigenvalue weighted by Gasteiger charge is 2.23. The van der Waals surface area contributed by atoms with E-state index in [1.165, 1.54) is 11.1 Å². The Kier molecular flexibility index (Phi) is 5.62. The van der Waals surface area contributed by atoms with Crippen LogP contribution in [0.1, 0.15) is 24.2 Å². The second-order valence-corrected chi connectivity index (χ2v) is 6.43. The summed E-state index contributed by atoms with van der Waals surface area (Å²) in [4.78, 5) is 17.6. The highest BCUT2D eigenvalue weighted by molar-refractivity contribution is 5.91. The third kappa shape index (κ3) is 4.04. The number of primary amides is 1. The van der Waals surface area contributed by atoms with Crippen LogP contribution in [0.5, 0.6) is 0 Å². The minimum atomic E-state index is -0.465. The highest BCUT2D eigenvalue weighted by Crippen LogP contribution is 2.36. The number of amides is 2. The van der Waals surface area contributed by atoms with E-state index in [9.17, 15) is 4.79 Å². The summed E-state index contributed by atoms with van der Waals surface area (Å²) in [7, 11) is 0. The second kappa shape index (κ2) is 8.10. The van der Waals surface area contributed by atoms with Gasteiger partial charge in [-0.2, -0.15) is 0 Å². The molecule has 4 rings (SSSR count). The van der Waals surface area contributed by atoms with Crippen LogP contribution >= 0.6 is 0 Å². The minimum absolute atomic E-state index is 0. The van der Waals surface area contributed by atoms with E-state index in [2.05, 4.69) is 40.6 Å². The Hall–Kier alpha value is -3.05. The maximum Gasteiger partial charge on any atom is 1.00 e. The number of hydrogen-bond donors (Lipinski definition) is 2. The molecule has 2 heterocycles. The third-order valence-electron chi connectivity index (χ3n) is 4.71. The van der Waals surface area contributed by atoms with Gasteiger partial charge in [-0.15, -0.1) is 0 Å². The molecule has 2 aromatic carbocycles. The normalized spacial score (nSPS) is 14.6. The van der Waals surface area contributed by atoms with Crippen molar-refractivity contribution >= 4 is 17.4 Å². The molecule has 2 amide bonds. The molecule has 3 aromatic rings. The first kappa shape index (κ1) is 18.7. The Balaban J connectivity index is 0.00000140. The molecular formula is C21H21ClN4O. The van der Waals surface area contributed by atoms with E-state index < -0.39 is 6.03 Å². The van der Waals surface area contributed by atoms with Crippen molar-refractivity contribution in [2.24, 2.45) is 5.73 Å². The van der Waals surface area contributed by atoms with Crippen molar-refractivity contribution in [3.63, 3.8) is 0 Å². The van der Waals surface area contributed by atoms with E-state index >= 15 is 0 Å². The summed E-state index contributed by atoms with van der Waals surface area (Å²) >= 11 is 0. The standard InChI is InChI=1S/C21H20N4O.ClH/c22-21(26)25(14-15-8-10-23-11-9-15)18-6-7-19-17(12-18)13-20(24-19)16-4-2-1-3-5-16;/h1-12,20,24H,13-14H2,(H2,22,26);1H. The van der Waals surface area contributed by atoms with Crippen LogP contribution in [0.15, 0.2) is 73.1 Å². The van der Waals surface area contributed by atoms with Gasteiger partial charge in [-0.25, -0.2) is 4.79 Å². The van der Waals surface area contributed by atoms with Crippen molar-refractivity contribution in [2.75, 3.05) is 10.2 Å². The van der Waals surface area contributed by atoms with Gasteiger partial charge in [-0.05, 0) is 53.4 Å². The number of anilines is 2. The quantitative estimate of drug-likeness (QED) is 0.709. The van der Waals surface area contributed by atoms with Crippen LogP contribution < -0.4 is 28.4 Å². The third-order valence-corrected chi connectivity index (χ3v) is 4.71. The number of rotatable bonds is 4. The van der Waals surface area contributed by atoms with Crippen LogP contribution in [0, 0.1) is 0 Å². The van der Waals surface area contributed by atoms with E-state index in [0.29, 0.717) is 6.54 Å². The molecule has 1 aliphatic rings. The lowest BCUT2D eigenvalue weighted by Gasteiger charge is -2.21. The molecule has 0 aliphatic carbocycles. The lowest BCUT2D eigenvalue weighted by Crippen LogP contribution is -3.00. The molecule has 3 N–H and O–H groups in total. The number of hydrogen-bond acceptors (Lipinski definition) is 3. The van der Waals surface area contributed by atoms with Gasteiger partial charge >= 0.3 is 7.46 Å². The van der Waals surface area contributed by atoms with Crippen LogP contribution in [0.4, 0.5) is 16.2 Å². The number of nitrogens with one attached hydrogen (secondary N) is 1. The molecule has 1 unspecified atom stereocenters. The maximum atomic E-state index is 12.0. The molecule has 0 fully saturated rings. The number of nitrogens with zero attached hydrogens (tertiary/aromatic N) is 2. The van der Waals surface area contributed by atoms with Crippen molar-refractivity contribution in [3.8, 4) is 0 Å². The molecular weight excluding hydrogens is 360 g/mol. The molecule has 27 heavy (non-hydrogen) atoms. The molecule has 0 saturated carbocycles. The number of benzene rings is 2. The first-order valence-electron chi connectivity index (χ1n) is 8.61. The first-order chi connectivity index (χ1) is 12.7. The fraction of sp³-hybridized carbons (Fsp3) is 0.143. The zero-order chi connectivity index (χ0) is 17.9.